The van der Waals surface area contributed by atoms with Gasteiger partial charge in [0.15, 0.2) is 29.5 Å². The molecule has 0 aliphatic heterocycles. The first-order chi connectivity index (χ1) is 14.9. The molecule has 1 aliphatic carbocycles. The van der Waals surface area contributed by atoms with E-state index in [4.69, 9.17) is 4.74 Å². The van der Waals surface area contributed by atoms with Gasteiger partial charge in [0.25, 0.3) is 0 Å². The van der Waals surface area contributed by atoms with Gasteiger partial charge in [-0.2, -0.15) is 0 Å². The maximum absolute atomic E-state index is 14.9. The fraction of sp³-hybridized carbons (Fsp3) is 0.308. The van der Waals surface area contributed by atoms with E-state index in [1.807, 2.05) is 6.07 Å². The molecule has 3 aromatic carbocycles. The van der Waals surface area contributed by atoms with Crippen molar-refractivity contribution in [3.05, 3.63) is 89.2 Å². The van der Waals surface area contributed by atoms with E-state index < -0.39 is 23.7 Å². The molecule has 5 heteroatoms. The van der Waals surface area contributed by atoms with Gasteiger partial charge in [-0.1, -0.05) is 48.5 Å². The summed E-state index contributed by atoms with van der Waals surface area (Å²) in [5.74, 6) is -2.44. The van der Waals surface area contributed by atoms with Crippen molar-refractivity contribution >= 4 is 0 Å². The van der Waals surface area contributed by atoms with E-state index in [0.29, 0.717) is 36.8 Å². The predicted molar refractivity (Wildman–Crippen MR) is 114 cm³/mol. The molecule has 0 heterocycles. The number of benzene rings is 3. The van der Waals surface area contributed by atoms with Crippen LogP contribution in [0, 0.1) is 30.3 Å². The first-order valence-electron chi connectivity index (χ1n) is 10.6. The second kappa shape index (κ2) is 9.15. The number of hydrogen-bond donors (Lipinski definition) is 1. The molecule has 3 aromatic rings. The summed E-state index contributed by atoms with van der Waals surface area (Å²) in [5.41, 5.74) is 2.03. The van der Waals surface area contributed by atoms with Crippen LogP contribution in [0.5, 0.6) is 5.75 Å². The Morgan fingerprint density at radius 1 is 0.871 bits per heavy atom. The summed E-state index contributed by atoms with van der Waals surface area (Å²) in [5, 5.41) is 10.4. The average molecular weight is 426 g/mol. The Bertz CT molecular complexity index is 1040. The van der Waals surface area contributed by atoms with Crippen LogP contribution < -0.4 is 4.74 Å². The third-order valence-corrected chi connectivity index (χ3v) is 6.15. The monoisotopic (exact) mass is 426 g/mol. The number of aliphatic hydroxyl groups is 1. The van der Waals surface area contributed by atoms with Crippen LogP contribution in [0.4, 0.5) is 13.2 Å². The Hall–Kier alpha value is -2.79. The quantitative estimate of drug-likeness (QED) is 0.457. The molecular formula is C26H25F3O2. The molecule has 1 saturated carbocycles. The summed E-state index contributed by atoms with van der Waals surface area (Å²) >= 11 is 0. The first kappa shape index (κ1) is 21.4. The van der Waals surface area contributed by atoms with Gasteiger partial charge in [0.1, 0.15) is 0 Å². The molecule has 4 rings (SSSR count). The molecule has 1 unspecified atom stereocenters. The largest absolute Gasteiger partial charge is 0.462 e. The van der Waals surface area contributed by atoms with Gasteiger partial charge in [0.2, 0.25) is 0 Å². The Kier molecular flexibility index (Phi) is 6.33. The lowest BCUT2D eigenvalue weighted by atomic mass is 9.78. The third-order valence-electron chi connectivity index (χ3n) is 6.15. The van der Waals surface area contributed by atoms with Crippen LogP contribution >= 0.6 is 0 Å². The van der Waals surface area contributed by atoms with E-state index in [1.165, 1.54) is 12.1 Å². The Morgan fingerprint density at radius 2 is 1.58 bits per heavy atom. The van der Waals surface area contributed by atoms with Crippen molar-refractivity contribution in [3.8, 4) is 16.9 Å². The van der Waals surface area contributed by atoms with Gasteiger partial charge in [0, 0.05) is 11.5 Å². The van der Waals surface area contributed by atoms with Crippen LogP contribution in [0.2, 0.25) is 0 Å². The molecule has 0 aromatic heterocycles. The zero-order chi connectivity index (χ0) is 22.0. The Balaban J connectivity index is 1.42. The highest BCUT2D eigenvalue weighted by Gasteiger charge is 2.31. The van der Waals surface area contributed by atoms with Gasteiger partial charge in [0.05, 0.1) is 0 Å². The molecular weight excluding hydrogens is 401 g/mol. The van der Waals surface area contributed by atoms with Crippen LogP contribution in [0.15, 0.2) is 60.7 Å². The third kappa shape index (κ3) is 4.62. The van der Waals surface area contributed by atoms with Crippen molar-refractivity contribution < 1.29 is 23.0 Å². The molecule has 0 bridgehead atoms. The number of aliphatic hydroxyl groups excluding tert-OH is 1. The average Bonchev–Trinajstić information content (AvgIpc) is 2.78. The van der Waals surface area contributed by atoms with Crippen molar-refractivity contribution in [1.82, 2.24) is 0 Å². The molecule has 1 fully saturated rings. The van der Waals surface area contributed by atoms with E-state index in [9.17, 15) is 18.3 Å². The van der Waals surface area contributed by atoms with Crippen molar-refractivity contribution in [2.45, 2.75) is 44.8 Å². The van der Waals surface area contributed by atoms with Crippen LogP contribution in [-0.2, 0) is 0 Å². The maximum atomic E-state index is 14.9. The summed E-state index contributed by atoms with van der Waals surface area (Å²) in [6, 6.07) is 16.8. The van der Waals surface area contributed by atoms with Crippen molar-refractivity contribution in [1.29, 1.82) is 0 Å². The first-order valence-corrected chi connectivity index (χ1v) is 10.6. The van der Waals surface area contributed by atoms with Crippen LogP contribution in [0.1, 0.15) is 42.7 Å². The molecule has 0 radical (unpaired) electrons. The summed E-state index contributed by atoms with van der Waals surface area (Å²) in [4.78, 5) is 0. The minimum Gasteiger partial charge on any atom is -0.462 e. The SMILES string of the molecule is Cc1ccc(OC(O)C2CCC(c3ccc(-c4ccccc4)c(F)c3F)CC2)c(F)c1. The summed E-state index contributed by atoms with van der Waals surface area (Å²) in [6.45, 7) is 1.78. The smallest absolute Gasteiger partial charge is 0.200 e. The molecule has 1 N–H and O–H groups in total. The molecule has 0 amide bonds. The topological polar surface area (TPSA) is 29.5 Å². The lowest BCUT2D eigenvalue weighted by Gasteiger charge is -2.32. The minimum absolute atomic E-state index is 0.0184. The molecule has 0 spiro atoms. The fourth-order valence-corrected chi connectivity index (χ4v) is 4.36. The van der Waals surface area contributed by atoms with Crippen molar-refractivity contribution in [3.63, 3.8) is 0 Å². The number of rotatable bonds is 5. The highest BCUT2D eigenvalue weighted by Crippen LogP contribution is 2.40. The van der Waals surface area contributed by atoms with Gasteiger partial charge in [-0.05, 0) is 67.3 Å². The van der Waals surface area contributed by atoms with E-state index in [-0.39, 0.29) is 23.1 Å². The minimum atomic E-state index is -1.14. The normalized spacial score (nSPS) is 19.8. The summed E-state index contributed by atoms with van der Waals surface area (Å²) in [6.07, 6.45) is 1.23. The number of halogens is 3. The number of aryl methyl sites for hydroxylation is 1. The van der Waals surface area contributed by atoms with Gasteiger partial charge >= 0.3 is 0 Å². The van der Waals surface area contributed by atoms with E-state index >= 15 is 0 Å². The fourth-order valence-electron chi connectivity index (χ4n) is 4.36. The van der Waals surface area contributed by atoms with Crippen molar-refractivity contribution in [2.24, 2.45) is 5.92 Å². The lowest BCUT2D eigenvalue weighted by Crippen LogP contribution is -2.30. The van der Waals surface area contributed by atoms with Crippen LogP contribution in [0.25, 0.3) is 11.1 Å². The Labute approximate surface area is 180 Å². The number of hydrogen-bond acceptors (Lipinski definition) is 2. The van der Waals surface area contributed by atoms with E-state index in [1.54, 1.807) is 49.4 Å². The summed E-state index contributed by atoms with van der Waals surface area (Å²) < 4.78 is 49.0. The van der Waals surface area contributed by atoms with Crippen LogP contribution in [-0.4, -0.2) is 11.4 Å². The molecule has 31 heavy (non-hydrogen) atoms. The Morgan fingerprint density at radius 3 is 2.26 bits per heavy atom. The standard InChI is InChI=1S/C26H25F3O2/c1-16-7-14-23(22(27)15-16)31-26(30)19-10-8-18(9-11-19)21-13-12-20(24(28)25(21)29)17-5-3-2-4-6-17/h2-7,12-15,18-19,26,30H,8-11H2,1H3. The lowest BCUT2D eigenvalue weighted by molar-refractivity contribution is -0.0754. The predicted octanol–water partition coefficient (Wildman–Crippen LogP) is 6.75. The maximum Gasteiger partial charge on any atom is 0.200 e. The second-order valence-corrected chi connectivity index (χ2v) is 8.25. The highest BCUT2D eigenvalue weighted by atomic mass is 19.2. The zero-order valence-electron chi connectivity index (χ0n) is 17.3. The molecule has 1 aliphatic rings. The zero-order valence-corrected chi connectivity index (χ0v) is 17.3. The van der Waals surface area contributed by atoms with Crippen molar-refractivity contribution in [2.75, 3.05) is 0 Å². The molecule has 162 valence electrons. The van der Waals surface area contributed by atoms with Gasteiger partial charge in [-0.3, -0.25) is 0 Å². The summed E-state index contributed by atoms with van der Waals surface area (Å²) in [7, 11) is 0. The van der Waals surface area contributed by atoms with E-state index in [0.717, 1.165) is 5.56 Å². The molecule has 0 saturated heterocycles. The highest BCUT2D eigenvalue weighted by molar-refractivity contribution is 5.64. The van der Waals surface area contributed by atoms with Gasteiger partial charge in [-0.25, -0.2) is 13.2 Å². The molecule has 2 nitrogen and oxygen atoms in total. The van der Waals surface area contributed by atoms with E-state index in [2.05, 4.69) is 0 Å². The second-order valence-electron chi connectivity index (χ2n) is 8.25. The molecule has 1 atom stereocenters. The van der Waals surface area contributed by atoms with Gasteiger partial charge < -0.3 is 9.84 Å². The van der Waals surface area contributed by atoms with Crippen LogP contribution in [0.3, 0.4) is 0 Å². The number of ether oxygens (including phenoxy) is 1. The van der Waals surface area contributed by atoms with Gasteiger partial charge in [-0.15, -0.1) is 0 Å².